The molecule has 0 saturated carbocycles. The minimum atomic E-state index is -0.116. The average Bonchev–Trinajstić information content (AvgIpc) is 2.14. The Labute approximate surface area is 42.8 Å². The van der Waals surface area contributed by atoms with E-state index in [1.807, 2.05) is 0 Å². The molecule has 0 spiro atoms. The number of aliphatic hydroxyl groups excluding tert-OH is 1. The van der Waals surface area contributed by atoms with Gasteiger partial charge in [-0.3, -0.25) is 0 Å². The van der Waals surface area contributed by atoms with Gasteiger partial charge in [-0.25, -0.2) is 0 Å². The summed E-state index contributed by atoms with van der Waals surface area (Å²) >= 11 is 0. The second-order valence-corrected chi connectivity index (χ2v) is 1.21. The SMILES string of the molecule is [2H]c1occc1CO. The Bertz CT molecular complexity index is 171. The average molecular weight is 99.1 g/mol. The zero-order valence-electron chi connectivity index (χ0n) is 4.72. The van der Waals surface area contributed by atoms with Crippen molar-refractivity contribution in [3.05, 3.63) is 24.1 Å². The first kappa shape index (κ1) is 3.27. The lowest BCUT2D eigenvalue weighted by Gasteiger charge is -1.77. The molecule has 2 heteroatoms. The fraction of sp³-hybridized carbons (Fsp3) is 0.200. The molecular formula is C5H6O2. The largest absolute Gasteiger partial charge is 0.472 e. The van der Waals surface area contributed by atoms with Gasteiger partial charge in [0.15, 0.2) is 0 Å². The van der Waals surface area contributed by atoms with Crippen LogP contribution in [0.4, 0.5) is 0 Å². The molecule has 0 saturated heterocycles. The summed E-state index contributed by atoms with van der Waals surface area (Å²) in [6, 6.07) is 1.57. The van der Waals surface area contributed by atoms with Gasteiger partial charge in [0.1, 0.15) is 1.37 Å². The Morgan fingerprint density at radius 3 is 3.14 bits per heavy atom. The maximum atomic E-state index is 8.43. The molecule has 0 fully saturated rings. The van der Waals surface area contributed by atoms with Crippen molar-refractivity contribution in [1.82, 2.24) is 0 Å². The Morgan fingerprint density at radius 1 is 2.00 bits per heavy atom. The van der Waals surface area contributed by atoms with Crippen molar-refractivity contribution in [2.24, 2.45) is 0 Å². The standard InChI is InChI=1S/C5H6O2/c6-3-5-1-2-7-4-5/h1-2,4,6H,3H2/i4D. The number of hydrogen-bond acceptors (Lipinski definition) is 2. The highest BCUT2D eigenvalue weighted by Crippen LogP contribution is 1.96. The fourth-order valence-corrected chi connectivity index (χ4v) is 0.345. The first-order valence-electron chi connectivity index (χ1n) is 2.48. The van der Waals surface area contributed by atoms with E-state index in [1.165, 1.54) is 6.26 Å². The predicted octanol–water partition coefficient (Wildman–Crippen LogP) is 0.772. The molecule has 0 unspecified atom stereocenters. The summed E-state index contributed by atoms with van der Waals surface area (Å²) < 4.78 is 11.5. The molecule has 0 bridgehead atoms. The molecule has 0 amide bonds. The van der Waals surface area contributed by atoms with Crippen molar-refractivity contribution in [2.75, 3.05) is 0 Å². The van der Waals surface area contributed by atoms with Crippen LogP contribution in [-0.2, 0) is 6.61 Å². The second kappa shape index (κ2) is 1.80. The van der Waals surface area contributed by atoms with Gasteiger partial charge in [0, 0.05) is 5.56 Å². The third-order valence-corrected chi connectivity index (χ3v) is 0.698. The minimum absolute atomic E-state index is 0.0486. The summed E-state index contributed by atoms with van der Waals surface area (Å²) in [5.74, 6) is 0. The molecule has 7 heavy (non-hydrogen) atoms. The highest BCUT2D eigenvalue weighted by molar-refractivity contribution is 5.02. The van der Waals surface area contributed by atoms with E-state index in [4.69, 9.17) is 6.48 Å². The highest BCUT2D eigenvalue weighted by Gasteiger charge is 1.85. The highest BCUT2D eigenvalue weighted by atomic mass is 16.3. The Morgan fingerprint density at radius 2 is 2.86 bits per heavy atom. The molecule has 0 aliphatic heterocycles. The topological polar surface area (TPSA) is 33.4 Å². The van der Waals surface area contributed by atoms with Crippen molar-refractivity contribution in [3.63, 3.8) is 0 Å². The molecular weight excluding hydrogens is 92.1 g/mol. The molecule has 1 heterocycles. The Balaban J connectivity index is 2.92. The van der Waals surface area contributed by atoms with E-state index in [0.717, 1.165) is 0 Å². The molecule has 1 aromatic rings. The zero-order chi connectivity index (χ0) is 5.98. The summed E-state index contributed by atoms with van der Waals surface area (Å²) in [7, 11) is 0. The van der Waals surface area contributed by atoms with Crippen molar-refractivity contribution in [1.29, 1.82) is 0 Å². The van der Waals surface area contributed by atoms with Gasteiger partial charge in [0.05, 0.1) is 19.1 Å². The van der Waals surface area contributed by atoms with Crippen molar-refractivity contribution in [2.45, 2.75) is 6.61 Å². The lowest BCUT2D eigenvalue weighted by molar-refractivity contribution is 0.280. The lowest BCUT2D eigenvalue weighted by Crippen LogP contribution is -1.72. The molecule has 1 N–H and O–H groups in total. The van der Waals surface area contributed by atoms with E-state index in [2.05, 4.69) is 4.42 Å². The van der Waals surface area contributed by atoms with Gasteiger partial charge in [-0.15, -0.1) is 0 Å². The maximum absolute atomic E-state index is 8.43. The molecule has 0 radical (unpaired) electrons. The van der Waals surface area contributed by atoms with E-state index in [-0.39, 0.29) is 12.8 Å². The summed E-state index contributed by atoms with van der Waals surface area (Å²) in [5, 5.41) is 8.43. The number of hydrogen-bond donors (Lipinski definition) is 1. The van der Waals surface area contributed by atoms with Crippen LogP contribution in [0, 0.1) is 0 Å². The van der Waals surface area contributed by atoms with Crippen molar-refractivity contribution in [3.8, 4) is 0 Å². The van der Waals surface area contributed by atoms with Crippen LogP contribution in [0.1, 0.15) is 6.93 Å². The van der Waals surface area contributed by atoms with E-state index in [1.54, 1.807) is 6.07 Å². The maximum Gasteiger partial charge on any atom is 0.105 e. The van der Waals surface area contributed by atoms with Crippen LogP contribution < -0.4 is 0 Å². The van der Waals surface area contributed by atoms with Crippen molar-refractivity contribution >= 4 is 0 Å². The Hall–Kier alpha value is -0.760. The molecule has 0 aliphatic carbocycles. The van der Waals surface area contributed by atoms with Crippen LogP contribution in [0.15, 0.2) is 23.0 Å². The quantitative estimate of drug-likeness (QED) is 0.564. The Kier molecular flexibility index (Phi) is 0.839. The van der Waals surface area contributed by atoms with Gasteiger partial charge in [0.2, 0.25) is 0 Å². The van der Waals surface area contributed by atoms with Crippen LogP contribution in [0.25, 0.3) is 0 Å². The normalized spacial score (nSPS) is 11.3. The molecule has 1 rings (SSSR count). The summed E-state index contributed by atoms with van der Waals surface area (Å²) in [5.41, 5.74) is 0.532. The van der Waals surface area contributed by atoms with E-state index >= 15 is 0 Å². The van der Waals surface area contributed by atoms with Crippen LogP contribution in [0.3, 0.4) is 0 Å². The lowest BCUT2D eigenvalue weighted by atomic mass is 10.4. The predicted molar refractivity (Wildman–Crippen MR) is 24.6 cm³/mol. The van der Waals surface area contributed by atoms with Crippen molar-refractivity contribution < 1.29 is 10.9 Å². The van der Waals surface area contributed by atoms with Crippen LogP contribution in [0.2, 0.25) is 0 Å². The van der Waals surface area contributed by atoms with Gasteiger partial charge in [-0.2, -0.15) is 0 Å². The van der Waals surface area contributed by atoms with E-state index in [0.29, 0.717) is 5.56 Å². The van der Waals surface area contributed by atoms with E-state index < -0.39 is 0 Å². The van der Waals surface area contributed by atoms with Gasteiger partial charge in [-0.05, 0) is 6.07 Å². The van der Waals surface area contributed by atoms with E-state index in [9.17, 15) is 0 Å². The van der Waals surface area contributed by atoms with Gasteiger partial charge < -0.3 is 9.52 Å². The number of furan rings is 1. The van der Waals surface area contributed by atoms with Crippen LogP contribution in [0.5, 0.6) is 0 Å². The number of aliphatic hydroxyl groups is 1. The second-order valence-electron chi connectivity index (χ2n) is 1.21. The monoisotopic (exact) mass is 99.0 g/mol. The molecule has 2 nitrogen and oxygen atoms in total. The smallest absolute Gasteiger partial charge is 0.105 e. The third kappa shape index (κ3) is 0.810. The first-order valence-corrected chi connectivity index (χ1v) is 1.98. The number of rotatable bonds is 1. The van der Waals surface area contributed by atoms with Gasteiger partial charge in [0.25, 0.3) is 0 Å². The third-order valence-electron chi connectivity index (χ3n) is 0.698. The van der Waals surface area contributed by atoms with Gasteiger partial charge in [-0.1, -0.05) is 0 Å². The molecule has 0 aromatic carbocycles. The minimum Gasteiger partial charge on any atom is -0.472 e. The van der Waals surface area contributed by atoms with Gasteiger partial charge >= 0.3 is 0 Å². The van der Waals surface area contributed by atoms with Crippen LogP contribution in [-0.4, -0.2) is 5.11 Å². The van der Waals surface area contributed by atoms with Crippen LogP contribution >= 0.6 is 0 Å². The molecule has 1 aromatic heterocycles. The molecule has 0 aliphatic rings. The summed E-state index contributed by atoms with van der Waals surface area (Å²) in [4.78, 5) is 0. The molecule has 0 atom stereocenters. The zero-order valence-corrected chi connectivity index (χ0v) is 3.72. The fourth-order valence-electron chi connectivity index (χ4n) is 0.345. The first-order chi connectivity index (χ1) is 3.84. The summed E-state index contributed by atoms with van der Waals surface area (Å²) in [6.45, 7) is -0.116. The summed E-state index contributed by atoms with van der Waals surface area (Å²) in [6.07, 6.45) is 1.43. The molecule has 38 valence electrons.